The molecule has 10 heteroatoms. The lowest BCUT2D eigenvalue weighted by atomic mass is 10.2. The minimum atomic E-state index is -0.311. The third-order valence-corrected chi connectivity index (χ3v) is 3.44. The Bertz CT molecular complexity index is 785. The average Bonchev–Trinajstić information content (AvgIpc) is 2.97. The van der Waals surface area contributed by atoms with Crippen LogP contribution in [0.15, 0.2) is 18.2 Å². The maximum atomic E-state index is 12.0. The Kier molecular flexibility index (Phi) is 3.51. The summed E-state index contributed by atoms with van der Waals surface area (Å²) in [4.78, 5) is 15.7. The molecule has 2 heterocycles. The van der Waals surface area contributed by atoms with Gasteiger partial charge in [0.1, 0.15) is 17.6 Å². The molecule has 102 valence electrons. The van der Waals surface area contributed by atoms with Crippen molar-refractivity contribution in [2.24, 2.45) is 0 Å². The van der Waals surface area contributed by atoms with Gasteiger partial charge in [0.05, 0.1) is 17.4 Å². The van der Waals surface area contributed by atoms with Gasteiger partial charge in [-0.25, -0.2) is 4.68 Å². The van der Waals surface area contributed by atoms with E-state index in [0.29, 0.717) is 11.2 Å². The van der Waals surface area contributed by atoms with Crippen molar-refractivity contribution in [3.8, 4) is 0 Å². The standard InChI is InChI=1S/C10H6Cl2N6OS/c11-9-14-10(12)18(15-9)4-7(19)13-5-2-1-3-6-8(5)17-20-16-6/h1-3H,4H2,(H,13,19). The van der Waals surface area contributed by atoms with Crippen molar-refractivity contribution in [2.75, 3.05) is 5.32 Å². The number of nitrogens with one attached hydrogen (secondary N) is 1. The summed E-state index contributed by atoms with van der Waals surface area (Å²) in [6.07, 6.45) is 0. The smallest absolute Gasteiger partial charge is 0.246 e. The molecule has 0 radical (unpaired) electrons. The summed E-state index contributed by atoms with van der Waals surface area (Å²) >= 11 is 12.5. The molecule has 0 aliphatic heterocycles. The zero-order valence-corrected chi connectivity index (χ0v) is 12.1. The number of fused-ring (bicyclic) bond motifs is 1. The van der Waals surface area contributed by atoms with Crippen molar-refractivity contribution in [3.63, 3.8) is 0 Å². The Balaban J connectivity index is 1.79. The Hall–Kier alpha value is -1.77. The largest absolute Gasteiger partial charge is 0.322 e. The summed E-state index contributed by atoms with van der Waals surface area (Å²) in [7, 11) is 0. The third-order valence-electron chi connectivity index (χ3n) is 2.45. The lowest BCUT2D eigenvalue weighted by Gasteiger charge is -2.05. The second-order valence-corrected chi connectivity index (χ2v) is 5.00. The molecule has 0 saturated carbocycles. The van der Waals surface area contributed by atoms with Gasteiger partial charge in [-0.1, -0.05) is 6.07 Å². The maximum Gasteiger partial charge on any atom is 0.246 e. The highest BCUT2D eigenvalue weighted by Gasteiger charge is 2.12. The number of aromatic nitrogens is 5. The van der Waals surface area contributed by atoms with Gasteiger partial charge in [-0.3, -0.25) is 4.79 Å². The van der Waals surface area contributed by atoms with Crippen molar-refractivity contribution in [2.45, 2.75) is 6.54 Å². The first-order valence-corrected chi connectivity index (χ1v) is 6.89. The van der Waals surface area contributed by atoms with E-state index in [2.05, 4.69) is 24.1 Å². The van der Waals surface area contributed by atoms with Crippen molar-refractivity contribution in [3.05, 3.63) is 28.8 Å². The Morgan fingerprint density at radius 3 is 2.95 bits per heavy atom. The van der Waals surface area contributed by atoms with Crippen LogP contribution in [0.1, 0.15) is 0 Å². The summed E-state index contributed by atoms with van der Waals surface area (Å²) in [6.45, 7) is -0.0908. The molecule has 3 rings (SSSR count). The second kappa shape index (κ2) is 5.31. The van der Waals surface area contributed by atoms with Crippen LogP contribution in [0.25, 0.3) is 11.0 Å². The van der Waals surface area contributed by atoms with E-state index in [-0.39, 0.29) is 23.0 Å². The Labute approximate surface area is 126 Å². The fourth-order valence-corrected chi connectivity index (χ4v) is 2.57. The van der Waals surface area contributed by atoms with Crippen LogP contribution in [0.4, 0.5) is 5.69 Å². The first-order valence-electron chi connectivity index (χ1n) is 5.40. The first kappa shape index (κ1) is 13.2. The van der Waals surface area contributed by atoms with E-state index in [9.17, 15) is 4.79 Å². The summed E-state index contributed by atoms with van der Waals surface area (Å²) in [6, 6.07) is 5.36. The number of amides is 1. The first-order chi connectivity index (χ1) is 9.63. The fraction of sp³-hybridized carbons (Fsp3) is 0.100. The molecule has 3 aromatic rings. The molecule has 0 fully saturated rings. The topological polar surface area (TPSA) is 85.6 Å². The van der Waals surface area contributed by atoms with Gasteiger partial charge in [0.25, 0.3) is 0 Å². The highest BCUT2D eigenvalue weighted by molar-refractivity contribution is 7.00. The summed E-state index contributed by atoms with van der Waals surface area (Å²) in [5, 5.41) is 6.58. The number of hydrogen-bond acceptors (Lipinski definition) is 6. The van der Waals surface area contributed by atoms with Crippen LogP contribution < -0.4 is 5.32 Å². The van der Waals surface area contributed by atoms with Crippen molar-refractivity contribution >= 4 is 57.6 Å². The molecule has 1 amide bonds. The van der Waals surface area contributed by atoms with E-state index in [4.69, 9.17) is 23.2 Å². The summed E-state index contributed by atoms with van der Waals surface area (Å²) in [5.74, 6) is -0.311. The number of halogens is 2. The molecule has 1 N–H and O–H groups in total. The second-order valence-electron chi connectivity index (χ2n) is 3.79. The van der Waals surface area contributed by atoms with Crippen LogP contribution in [0.3, 0.4) is 0 Å². The van der Waals surface area contributed by atoms with Crippen LogP contribution in [-0.2, 0) is 11.3 Å². The number of anilines is 1. The van der Waals surface area contributed by atoms with E-state index in [1.807, 2.05) is 6.07 Å². The quantitative estimate of drug-likeness (QED) is 0.796. The Morgan fingerprint density at radius 2 is 2.20 bits per heavy atom. The van der Waals surface area contributed by atoms with E-state index in [1.54, 1.807) is 12.1 Å². The molecular formula is C10H6Cl2N6OS. The molecule has 0 spiro atoms. The molecule has 0 atom stereocenters. The number of carbonyl (C=O) groups is 1. The van der Waals surface area contributed by atoms with Gasteiger partial charge < -0.3 is 5.32 Å². The van der Waals surface area contributed by atoms with Gasteiger partial charge in [0.2, 0.25) is 16.5 Å². The van der Waals surface area contributed by atoms with Gasteiger partial charge >= 0.3 is 0 Å². The van der Waals surface area contributed by atoms with Gasteiger partial charge in [-0.05, 0) is 35.3 Å². The average molecular weight is 329 g/mol. The number of benzene rings is 1. The van der Waals surface area contributed by atoms with Gasteiger partial charge in [-0.2, -0.15) is 13.7 Å². The number of hydrogen-bond donors (Lipinski definition) is 1. The van der Waals surface area contributed by atoms with Crippen LogP contribution >= 0.6 is 34.9 Å². The predicted molar refractivity (Wildman–Crippen MR) is 76.1 cm³/mol. The molecule has 20 heavy (non-hydrogen) atoms. The normalized spacial score (nSPS) is 10.9. The monoisotopic (exact) mass is 328 g/mol. The van der Waals surface area contributed by atoms with Crippen molar-refractivity contribution in [1.29, 1.82) is 0 Å². The zero-order valence-electron chi connectivity index (χ0n) is 9.75. The maximum absolute atomic E-state index is 12.0. The lowest BCUT2D eigenvalue weighted by molar-refractivity contribution is -0.116. The van der Waals surface area contributed by atoms with Crippen LogP contribution in [0.5, 0.6) is 0 Å². The minimum Gasteiger partial charge on any atom is -0.322 e. The fourth-order valence-electron chi connectivity index (χ4n) is 1.63. The van der Waals surface area contributed by atoms with Crippen molar-refractivity contribution in [1.82, 2.24) is 23.5 Å². The van der Waals surface area contributed by atoms with Crippen LogP contribution in [0, 0.1) is 0 Å². The Morgan fingerprint density at radius 1 is 1.35 bits per heavy atom. The minimum absolute atomic E-state index is 0.00592. The molecule has 7 nitrogen and oxygen atoms in total. The molecule has 0 unspecified atom stereocenters. The van der Waals surface area contributed by atoms with E-state index in [1.165, 1.54) is 4.68 Å². The summed E-state index contributed by atoms with van der Waals surface area (Å²) < 4.78 is 9.44. The summed E-state index contributed by atoms with van der Waals surface area (Å²) in [5.41, 5.74) is 1.96. The number of carbonyl (C=O) groups excluding carboxylic acids is 1. The molecule has 2 aromatic heterocycles. The van der Waals surface area contributed by atoms with E-state index in [0.717, 1.165) is 17.2 Å². The number of rotatable bonds is 3. The molecule has 0 aliphatic carbocycles. The number of nitrogens with zero attached hydrogens (tertiary/aromatic N) is 5. The van der Waals surface area contributed by atoms with Gasteiger partial charge in [0.15, 0.2) is 0 Å². The van der Waals surface area contributed by atoms with Gasteiger partial charge in [0, 0.05) is 0 Å². The molecule has 0 saturated heterocycles. The van der Waals surface area contributed by atoms with Crippen molar-refractivity contribution < 1.29 is 4.79 Å². The predicted octanol–water partition coefficient (Wildman–Crippen LogP) is 2.23. The molecular weight excluding hydrogens is 323 g/mol. The highest BCUT2D eigenvalue weighted by atomic mass is 35.5. The molecule has 1 aromatic carbocycles. The van der Waals surface area contributed by atoms with Gasteiger partial charge in [-0.15, -0.1) is 5.10 Å². The van der Waals surface area contributed by atoms with E-state index >= 15 is 0 Å². The molecule has 0 bridgehead atoms. The lowest BCUT2D eigenvalue weighted by Crippen LogP contribution is -2.19. The van der Waals surface area contributed by atoms with Crippen LogP contribution in [0.2, 0.25) is 10.6 Å². The third kappa shape index (κ3) is 2.58. The van der Waals surface area contributed by atoms with Crippen LogP contribution in [-0.4, -0.2) is 29.4 Å². The SMILES string of the molecule is O=C(Cn1nc(Cl)nc1Cl)Nc1cccc2nsnc12. The highest BCUT2D eigenvalue weighted by Crippen LogP contribution is 2.21. The zero-order chi connectivity index (χ0) is 14.1. The molecule has 0 aliphatic rings. The van der Waals surface area contributed by atoms with E-state index < -0.39 is 0 Å².